The van der Waals surface area contributed by atoms with Crippen LogP contribution in [0.2, 0.25) is 0 Å². The average molecular weight is 315 g/mol. The monoisotopic (exact) mass is 315 g/mol. The Balaban J connectivity index is 1.88. The van der Waals surface area contributed by atoms with Crippen LogP contribution in [-0.2, 0) is 0 Å². The van der Waals surface area contributed by atoms with Crippen LogP contribution >= 0.6 is 0 Å². The van der Waals surface area contributed by atoms with Crippen LogP contribution in [0.3, 0.4) is 0 Å². The molecule has 2 aromatic rings. The van der Waals surface area contributed by atoms with Crippen molar-refractivity contribution in [2.24, 2.45) is 0 Å². The fraction of sp³-hybridized carbons (Fsp3) is 0.188. The molecule has 0 saturated carbocycles. The molecule has 0 unspecified atom stereocenters. The number of nitro benzene ring substituents is 1. The molecule has 0 fully saturated rings. The van der Waals surface area contributed by atoms with Crippen molar-refractivity contribution in [1.29, 1.82) is 0 Å². The summed E-state index contributed by atoms with van der Waals surface area (Å²) in [5.41, 5.74) is 1.98. The van der Waals surface area contributed by atoms with Crippen LogP contribution in [0.25, 0.3) is 0 Å². The Morgan fingerprint density at radius 1 is 1.26 bits per heavy atom. The molecule has 120 valence electrons. The molecule has 0 spiro atoms. The third-order valence-corrected chi connectivity index (χ3v) is 3.23. The first-order chi connectivity index (χ1) is 11.0. The van der Waals surface area contributed by atoms with Gasteiger partial charge in [-0.05, 0) is 18.6 Å². The van der Waals surface area contributed by atoms with Crippen molar-refractivity contribution in [1.82, 2.24) is 5.32 Å². The number of hydrogen-bond acceptors (Lipinski definition) is 4. The number of rotatable bonds is 5. The maximum atomic E-state index is 11.8. The van der Waals surface area contributed by atoms with Crippen LogP contribution < -0.4 is 10.6 Å². The van der Waals surface area contributed by atoms with Crippen LogP contribution in [0, 0.1) is 17.0 Å². The van der Waals surface area contributed by atoms with Crippen LogP contribution in [-0.4, -0.2) is 22.6 Å². The normalized spacial score (nSPS) is 11.6. The fourth-order valence-electron chi connectivity index (χ4n) is 1.97. The average Bonchev–Trinajstić information content (AvgIpc) is 2.53. The van der Waals surface area contributed by atoms with Gasteiger partial charge in [0.1, 0.15) is 0 Å². The maximum absolute atomic E-state index is 11.8. The number of amides is 2. The van der Waals surface area contributed by atoms with Gasteiger partial charge in [-0.1, -0.05) is 35.9 Å². The van der Waals surface area contributed by atoms with Crippen LogP contribution in [0.4, 0.5) is 16.2 Å². The van der Waals surface area contributed by atoms with Gasteiger partial charge in [0.05, 0.1) is 11.0 Å². The second-order valence-electron chi connectivity index (χ2n) is 5.07. The molecule has 0 aliphatic rings. The van der Waals surface area contributed by atoms with Crippen molar-refractivity contribution in [3.63, 3.8) is 0 Å². The van der Waals surface area contributed by atoms with Crippen molar-refractivity contribution in [2.45, 2.75) is 13.0 Å². The molecule has 0 bridgehead atoms. The predicted molar refractivity (Wildman–Crippen MR) is 86.3 cm³/mol. The Labute approximate surface area is 133 Å². The maximum Gasteiger partial charge on any atom is 0.319 e. The van der Waals surface area contributed by atoms with Crippen molar-refractivity contribution >= 4 is 17.4 Å². The van der Waals surface area contributed by atoms with Crippen molar-refractivity contribution in [2.75, 3.05) is 11.9 Å². The molecule has 2 amide bonds. The minimum Gasteiger partial charge on any atom is -0.387 e. The number of nitrogens with zero attached hydrogens (tertiary/aromatic N) is 1. The van der Waals surface area contributed by atoms with E-state index in [1.54, 1.807) is 18.2 Å². The van der Waals surface area contributed by atoms with E-state index in [9.17, 15) is 20.0 Å². The molecule has 3 N–H and O–H groups in total. The first-order valence-corrected chi connectivity index (χ1v) is 6.99. The van der Waals surface area contributed by atoms with Gasteiger partial charge in [-0.2, -0.15) is 0 Å². The van der Waals surface area contributed by atoms with E-state index in [1.165, 1.54) is 18.2 Å². The van der Waals surface area contributed by atoms with Gasteiger partial charge in [-0.15, -0.1) is 0 Å². The van der Waals surface area contributed by atoms with E-state index in [0.29, 0.717) is 11.3 Å². The first-order valence-electron chi connectivity index (χ1n) is 6.99. The van der Waals surface area contributed by atoms with Gasteiger partial charge in [-0.3, -0.25) is 10.1 Å². The summed E-state index contributed by atoms with van der Waals surface area (Å²) in [6.07, 6.45) is -0.827. The van der Waals surface area contributed by atoms with E-state index in [2.05, 4.69) is 10.6 Å². The Hall–Kier alpha value is -2.93. The number of anilines is 1. The quantitative estimate of drug-likeness (QED) is 0.583. The molecule has 2 aromatic carbocycles. The lowest BCUT2D eigenvalue weighted by Gasteiger charge is -2.13. The Kier molecular flexibility index (Phi) is 5.27. The summed E-state index contributed by atoms with van der Waals surface area (Å²) in [7, 11) is 0. The minimum absolute atomic E-state index is 0.0316. The smallest absolute Gasteiger partial charge is 0.319 e. The highest BCUT2D eigenvalue weighted by Gasteiger charge is 2.11. The number of aryl methyl sites for hydroxylation is 1. The summed E-state index contributed by atoms with van der Waals surface area (Å²) >= 11 is 0. The Morgan fingerprint density at radius 2 is 1.96 bits per heavy atom. The van der Waals surface area contributed by atoms with E-state index in [-0.39, 0.29) is 12.2 Å². The molecule has 0 aliphatic carbocycles. The molecular formula is C16H17N3O4. The zero-order chi connectivity index (χ0) is 16.8. The molecule has 0 aromatic heterocycles. The van der Waals surface area contributed by atoms with E-state index < -0.39 is 17.1 Å². The number of non-ortho nitro benzene ring substituents is 1. The molecule has 23 heavy (non-hydrogen) atoms. The van der Waals surface area contributed by atoms with Crippen molar-refractivity contribution in [3.8, 4) is 0 Å². The third-order valence-electron chi connectivity index (χ3n) is 3.23. The summed E-state index contributed by atoms with van der Waals surface area (Å²) in [6, 6.07) is 12.4. The molecule has 1 atom stereocenters. The van der Waals surface area contributed by atoms with E-state index in [4.69, 9.17) is 0 Å². The Morgan fingerprint density at radius 3 is 2.61 bits per heavy atom. The van der Waals surface area contributed by atoms with Gasteiger partial charge in [0.25, 0.3) is 5.69 Å². The number of benzene rings is 2. The summed E-state index contributed by atoms with van der Waals surface area (Å²) < 4.78 is 0. The number of aliphatic hydroxyl groups is 1. The van der Waals surface area contributed by atoms with E-state index in [0.717, 1.165) is 5.56 Å². The zero-order valence-corrected chi connectivity index (χ0v) is 12.5. The highest BCUT2D eigenvalue weighted by Crippen LogP contribution is 2.17. The minimum atomic E-state index is -0.827. The number of carbonyl (C=O) groups excluding carboxylic acids is 1. The van der Waals surface area contributed by atoms with E-state index >= 15 is 0 Å². The van der Waals surface area contributed by atoms with Crippen LogP contribution in [0.1, 0.15) is 17.2 Å². The molecule has 0 heterocycles. The fourth-order valence-corrected chi connectivity index (χ4v) is 1.97. The molecule has 0 aliphatic heterocycles. The number of aliphatic hydroxyl groups excluding tert-OH is 1. The lowest BCUT2D eigenvalue weighted by molar-refractivity contribution is -0.384. The van der Waals surface area contributed by atoms with Gasteiger partial charge in [-0.25, -0.2) is 4.79 Å². The number of carbonyl (C=O) groups is 1. The second kappa shape index (κ2) is 7.37. The zero-order valence-electron chi connectivity index (χ0n) is 12.5. The van der Waals surface area contributed by atoms with Gasteiger partial charge in [0.2, 0.25) is 0 Å². The lowest BCUT2D eigenvalue weighted by atomic mass is 10.1. The highest BCUT2D eigenvalue weighted by atomic mass is 16.6. The highest BCUT2D eigenvalue weighted by molar-refractivity contribution is 5.89. The largest absolute Gasteiger partial charge is 0.387 e. The van der Waals surface area contributed by atoms with E-state index in [1.807, 2.05) is 19.1 Å². The number of nitrogens with one attached hydrogen (secondary N) is 2. The standard InChI is InChI=1S/C16H17N3O4/c1-11-5-7-12(8-6-11)15(20)10-17-16(21)18-13-3-2-4-14(9-13)19(22)23/h2-9,15,20H,10H2,1H3,(H2,17,18,21)/t15-/m1/s1. The number of nitro groups is 1. The second-order valence-corrected chi connectivity index (χ2v) is 5.07. The topological polar surface area (TPSA) is 104 Å². The van der Waals surface area contributed by atoms with Crippen molar-refractivity contribution in [3.05, 3.63) is 69.8 Å². The summed E-state index contributed by atoms with van der Waals surface area (Å²) in [5, 5.41) is 25.7. The Bertz CT molecular complexity index is 701. The van der Waals surface area contributed by atoms with Gasteiger partial charge >= 0.3 is 6.03 Å². The van der Waals surface area contributed by atoms with Gasteiger partial charge < -0.3 is 15.7 Å². The van der Waals surface area contributed by atoms with Crippen LogP contribution in [0.15, 0.2) is 48.5 Å². The lowest BCUT2D eigenvalue weighted by Crippen LogP contribution is -2.32. The number of hydrogen-bond donors (Lipinski definition) is 3. The molecule has 2 rings (SSSR count). The summed E-state index contributed by atoms with van der Waals surface area (Å²) in [4.78, 5) is 21.9. The summed E-state index contributed by atoms with van der Waals surface area (Å²) in [6.45, 7) is 1.98. The molecular weight excluding hydrogens is 298 g/mol. The summed E-state index contributed by atoms with van der Waals surface area (Å²) in [5.74, 6) is 0. The SMILES string of the molecule is Cc1ccc([C@H](O)CNC(=O)Nc2cccc([N+](=O)[O-])c2)cc1. The number of urea groups is 1. The van der Waals surface area contributed by atoms with Gasteiger partial charge in [0.15, 0.2) is 0 Å². The van der Waals surface area contributed by atoms with Gasteiger partial charge in [0, 0.05) is 24.4 Å². The molecule has 7 nitrogen and oxygen atoms in total. The molecule has 7 heteroatoms. The predicted octanol–water partition coefficient (Wildman–Crippen LogP) is 2.76. The molecule has 0 radical (unpaired) electrons. The van der Waals surface area contributed by atoms with Crippen molar-refractivity contribution < 1.29 is 14.8 Å². The van der Waals surface area contributed by atoms with Crippen LogP contribution in [0.5, 0.6) is 0 Å². The molecule has 0 saturated heterocycles. The first kappa shape index (κ1) is 16.4. The third kappa shape index (κ3) is 4.79.